The van der Waals surface area contributed by atoms with E-state index in [1.54, 1.807) is 17.0 Å². The molecule has 1 saturated heterocycles. The Morgan fingerprint density at radius 3 is 2.35 bits per heavy atom. The molecule has 0 spiro atoms. The van der Waals surface area contributed by atoms with Crippen molar-refractivity contribution < 1.29 is 19.1 Å². The number of benzene rings is 1. The van der Waals surface area contributed by atoms with Crippen LogP contribution in [0.5, 0.6) is 0 Å². The van der Waals surface area contributed by atoms with Crippen LogP contribution in [0.15, 0.2) is 30.6 Å². The van der Waals surface area contributed by atoms with Gasteiger partial charge in [0.1, 0.15) is 17.6 Å². The number of piperazine rings is 1. The molecule has 3 amide bonds. The number of fused-ring (bicyclic) bond motifs is 1. The second kappa shape index (κ2) is 11.9. The second-order valence-electron chi connectivity index (χ2n) is 11.4. The van der Waals surface area contributed by atoms with Gasteiger partial charge in [-0.15, -0.1) is 0 Å². The minimum Gasteiger partial charge on any atom is -0.444 e. The average molecular weight is 572 g/mol. The highest BCUT2D eigenvalue weighted by Crippen LogP contribution is 2.35. The number of likely N-dealkylation sites (N-methyl/N-ethyl adjacent to an activating group) is 1. The standard InChI is InChI=1S/C28H38ClN7O4/c1-18(2)36(27(39)40-28(3,4)5)15-21(19-7-9-20(29)10-8-19)26(38)35-13-11-34(12-14-35)25-23-24(30-17-31-25)32-22(37)16-33(23)6/h7-10,17-18,21H,11-16H2,1-6H3,(H,30,31,32,37)/t21-/m1/s1. The Balaban J connectivity index is 1.53. The first-order valence-electron chi connectivity index (χ1n) is 13.5. The van der Waals surface area contributed by atoms with E-state index >= 15 is 0 Å². The molecule has 0 saturated carbocycles. The minimum atomic E-state index is -0.655. The van der Waals surface area contributed by atoms with E-state index in [1.165, 1.54) is 6.33 Å². The van der Waals surface area contributed by atoms with Crippen molar-refractivity contribution in [3.8, 4) is 0 Å². The Morgan fingerprint density at radius 1 is 1.10 bits per heavy atom. The fourth-order valence-electron chi connectivity index (χ4n) is 4.90. The zero-order valence-corrected chi connectivity index (χ0v) is 24.7. The molecule has 0 unspecified atom stereocenters. The molecule has 2 aliphatic heterocycles. The van der Waals surface area contributed by atoms with E-state index in [2.05, 4.69) is 20.2 Å². The number of hydrogen-bond donors (Lipinski definition) is 1. The summed E-state index contributed by atoms with van der Waals surface area (Å²) in [5.41, 5.74) is 0.899. The number of anilines is 3. The first kappa shape index (κ1) is 29.4. The molecule has 2 aromatic rings. The van der Waals surface area contributed by atoms with Crippen LogP contribution in [0.3, 0.4) is 0 Å². The molecule has 40 heavy (non-hydrogen) atoms. The van der Waals surface area contributed by atoms with Gasteiger partial charge in [-0.2, -0.15) is 0 Å². The number of rotatable bonds is 6. The van der Waals surface area contributed by atoms with Crippen LogP contribution in [0.1, 0.15) is 46.1 Å². The Bertz CT molecular complexity index is 1240. The SMILES string of the molecule is CC(C)N(C[C@@H](C(=O)N1CCN(c2ncnc3c2N(C)CC(=O)N3)CC1)c1ccc(Cl)cc1)C(=O)OC(C)(C)C. The summed E-state index contributed by atoms with van der Waals surface area (Å²) in [6, 6.07) is 7.03. The van der Waals surface area contributed by atoms with E-state index < -0.39 is 17.6 Å². The summed E-state index contributed by atoms with van der Waals surface area (Å²) in [6.07, 6.45) is 0.989. The number of carbonyl (C=O) groups excluding carboxylic acids is 3. The van der Waals surface area contributed by atoms with Crippen LogP contribution in [0.4, 0.5) is 22.1 Å². The highest BCUT2D eigenvalue weighted by molar-refractivity contribution is 6.30. The smallest absolute Gasteiger partial charge is 0.410 e. The van der Waals surface area contributed by atoms with Crippen LogP contribution >= 0.6 is 11.6 Å². The number of amides is 3. The predicted molar refractivity (Wildman–Crippen MR) is 155 cm³/mol. The number of nitrogens with one attached hydrogen (secondary N) is 1. The molecule has 1 aromatic carbocycles. The van der Waals surface area contributed by atoms with E-state index in [1.807, 2.05) is 63.6 Å². The number of nitrogens with zero attached hydrogens (tertiary/aromatic N) is 6. The third-order valence-electron chi connectivity index (χ3n) is 6.92. The number of aromatic nitrogens is 2. The van der Waals surface area contributed by atoms with Crippen LogP contribution in [0.2, 0.25) is 5.02 Å². The molecule has 4 rings (SSSR count). The molecule has 216 valence electrons. The van der Waals surface area contributed by atoms with Crippen molar-refractivity contribution in [2.75, 3.05) is 61.4 Å². The summed E-state index contributed by atoms with van der Waals surface area (Å²) >= 11 is 6.14. The van der Waals surface area contributed by atoms with E-state index in [0.29, 0.717) is 37.0 Å². The molecule has 0 radical (unpaired) electrons. The Labute approximate surface area is 240 Å². The highest BCUT2D eigenvalue weighted by atomic mass is 35.5. The number of carbonyl (C=O) groups is 3. The van der Waals surface area contributed by atoms with E-state index in [9.17, 15) is 14.4 Å². The van der Waals surface area contributed by atoms with Crippen molar-refractivity contribution in [2.45, 2.75) is 52.2 Å². The van der Waals surface area contributed by atoms with Crippen LogP contribution in [0, 0.1) is 0 Å². The lowest BCUT2D eigenvalue weighted by Gasteiger charge is -2.40. The lowest BCUT2D eigenvalue weighted by molar-refractivity contribution is -0.133. The van der Waals surface area contributed by atoms with Gasteiger partial charge in [0, 0.05) is 50.8 Å². The van der Waals surface area contributed by atoms with Crippen LogP contribution in [-0.2, 0) is 14.3 Å². The van der Waals surface area contributed by atoms with Crippen LogP contribution in [0.25, 0.3) is 0 Å². The third-order valence-corrected chi connectivity index (χ3v) is 7.17. The molecule has 1 N–H and O–H groups in total. The molecule has 0 bridgehead atoms. The lowest BCUT2D eigenvalue weighted by atomic mass is 9.96. The molecular formula is C28H38ClN7O4. The Kier molecular flexibility index (Phi) is 8.72. The molecule has 11 nitrogen and oxygen atoms in total. The first-order valence-corrected chi connectivity index (χ1v) is 13.9. The fraction of sp³-hybridized carbons (Fsp3) is 0.536. The topological polar surface area (TPSA) is 111 Å². The van der Waals surface area contributed by atoms with Gasteiger partial charge in [0.05, 0.1) is 12.5 Å². The summed E-state index contributed by atoms with van der Waals surface area (Å²) in [6.45, 7) is 11.8. The molecule has 0 aliphatic carbocycles. The monoisotopic (exact) mass is 571 g/mol. The van der Waals surface area contributed by atoms with E-state index in [-0.39, 0.29) is 30.9 Å². The largest absolute Gasteiger partial charge is 0.444 e. The second-order valence-corrected chi connectivity index (χ2v) is 11.9. The van der Waals surface area contributed by atoms with Gasteiger partial charge in [0.2, 0.25) is 11.8 Å². The first-order chi connectivity index (χ1) is 18.8. The minimum absolute atomic E-state index is 0.0646. The summed E-state index contributed by atoms with van der Waals surface area (Å²) in [5, 5.41) is 3.38. The number of ether oxygens (including phenoxy) is 1. The maximum atomic E-state index is 14.0. The summed E-state index contributed by atoms with van der Waals surface area (Å²) < 4.78 is 5.66. The van der Waals surface area contributed by atoms with Crippen molar-refractivity contribution in [1.29, 1.82) is 0 Å². The summed E-state index contributed by atoms with van der Waals surface area (Å²) in [4.78, 5) is 55.2. The number of hydrogen-bond acceptors (Lipinski definition) is 8. The van der Waals surface area contributed by atoms with Gasteiger partial charge >= 0.3 is 6.09 Å². The van der Waals surface area contributed by atoms with Gasteiger partial charge in [-0.25, -0.2) is 14.8 Å². The van der Waals surface area contributed by atoms with Crippen molar-refractivity contribution in [3.63, 3.8) is 0 Å². The van der Waals surface area contributed by atoms with Gasteiger partial charge in [0.15, 0.2) is 11.6 Å². The molecule has 2 aliphatic rings. The van der Waals surface area contributed by atoms with Crippen molar-refractivity contribution in [1.82, 2.24) is 19.8 Å². The quantitative estimate of drug-likeness (QED) is 0.560. The van der Waals surface area contributed by atoms with E-state index in [0.717, 1.165) is 17.1 Å². The molecule has 1 fully saturated rings. The fourth-order valence-corrected chi connectivity index (χ4v) is 5.03. The summed E-state index contributed by atoms with van der Waals surface area (Å²) in [5.74, 6) is 0.438. The third kappa shape index (κ3) is 6.75. The average Bonchev–Trinajstić information content (AvgIpc) is 2.88. The maximum absolute atomic E-state index is 14.0. The highest BCUT2D eigenvalue weighted by Gasteiger charge is 2.35. The van der Waals surface area contributed by atoms with Crippen molar-refractivity contribution in [3.05, 3.63) is 41.2 Å². The molecule has 12 heteroatoms. The molecular weight excluding hydrogens is 534 g/mol. The zero-order chi connectivity index (χ0) is 29.2. The lowest BCUT2D eigenvalue weighted by Crippen LogP contribution is -2.52. The zero-order valence-electron chi connectivity index (χ0n) is 24.0. The molecule has 1 aromatic heterocycles. The van der Waals surface area contributed by atoms with Gasteiger partial charge in [-0.1, -0.05) is 23.7 Å². The van der Waals surface area contributed by atoms with Crippen LogP contribution < -0.4 is 15.1 Å². The van der Waals surface area contributed by atoms with E-state index in [4.69, 9.17) is 16.3 Å². The molecule has 1 atom stereocenters. The van der Waals surface area contributed by atoms with Crippen molar-refractivity contribution in [2.24, 2.45) is 0 Å². The maximum Gasteiger partial charge on any atom is 0.410 e. The van der Waals surface area contributed by atoms with Gasteiger partial charge in [-0.05, 0) is 52.3 Å². The number of halogens is 1. The Hall–Kier alpha value is -3.60. The molecule has 3 heterocycles. The van der Waals surface area contributed by atoms with Crippen molar-refractivity contribution >= 4 is 46.8 Å². The summed E-state index contributed by atoms with van der Waals surface area (Å²) in [7, 11) is 1.84. The van der Waals surface area contributed by atoms with Gasteiger partial charge in [0.25, 0.3) is 0 Å². The van der Waals surface area contributed by atoms with Gasteiger partial charge < -0.3 is 29.7 Å². The van der Waals surface area contributed by atoms with Gasteiger partial charge in [-0.3, -0.25) is 9.59 Å². The normalized spacial score (nSPS) is 16.4. The predicted octanol–water partition coefficient (Wildman–Crippen LogP) is 3.60. The van der Waals surface area contributed by atoms with Crippen LogP contribution in [-0.4, -0.2) is 95.6 Å². The Morgan fingerprint density at radius 2 is 1.75 bits per heavy atom.